The predicted molar refractivity (Wildman–Crippen MR) is 114 cm³/mol. The van der Waals surface area contributed by atoms with Crippen LogP contribution in [0.1, 0.15) is 5.56 Å². The van der Waals surface area contributed by atoms with Crippen LogP contribution in [-0.2, 0) is 7.05 Å². The minimum absolute atomic E-state index is 1.27. The molecule has 3 aromatic carbocycles. The van der Waals surface area contributed by atoms with E-state index < -0.39 is 0 Å². The highest BCUT2D eigenvalue weighted by molar-refractivity contribution is 7.32. The van der Waals surface area contributed by atoms with Crippen molar-refractivity contribution >= 4 is 42.3 Å². The zero-order chi connectivity index (χ0) is 17.7. The van der Waals surface area contributed by atoms with Gasteiger partial charge in [0.05, 0.1) is 5.56 Å². The van der Waals surface area contributed by atoms with Crippen LogP contribution in [0.5, 0.6) is 0 Å². The van der Waals surface area contributed by atoms with Gasteiger partial charge in [0.25, 0.3) is 9.84 Å². The molecule has 0 spiro atoms. The number of fused-ring (bicyclic) bond motifs is 3. The predicted octanol–water partition coefficient (Wildman–Crippen LogP) is 6.58. The number of thiazole rings is 1. The summed E-state index contributed by atoms with van der Waals surface area (Å²) < 4.78 is 5.12. The van der Waals surface area contributed by atoms with E-state index in [0.717, 1.165) is 0 Å². The molecule has 0 radical (unpaired) electrons. The summed E-state index contributed by atoms with van der Waals surface area (Å²) in [7, 11) is 2.19. The van der Waals surface area contributed by atoms with Gasteiger partial charge in [-0.2, -0.15) is 4.57 Å². The van der Waals surface area contributed by atoms with Crippen LogP contribution in [0.25, 0.3) is 41.3 Å². The average molecular weight is 373 g/mol. The molecule has 1 nitrogen and oxygen atoms in total. The maximum absolute atomic E-state index is 2.36. The van der Waals surface area contributed by atoms with Crippen molar-refractivity contribution in [1.82, 2.24) is 0 Å². The van der Waals surface area contributed by atoms with Crippen molar-refractivity contribution in [3.05, 3.63) is 78.4 Å². The standard InChI is InChI=1S/C23H18NS2/c1-15-14-17(16-8-4-3-5-9-16)12-13-18(15)22-24(2)23-21(26-22)19-10-6-7-11-20(19)25-23/h3-14H,1-2H3/q+1. The third-order valence-corrected chi connectivity index (χ3v) is 7.59. The van der Waals surface area contributed by atoms with Crippen molar-refractivity contribution in [2.45, 2.75) is 6.92 Å². The van der Waals surface area contributed by atoms with Gasteiger partial charge in [-0.3, -0.25) is 0 Å². The molecule has 0 saturated carbocycles. The monoisotopic (exact) mass is 372 g/mol. The zero-order valence-electron chi connectivity index (χ0n) is 14.7. The quantitative estimate of drug-likeness (QED) is 0.308. The van der Waals surface area contributed by atoms with E-state index >= 15 is 0 Å². The summed E-state index contributed by atoms with van der Waals surface area (Å²) >= 11 is 3.79. The van der Waals surface area contributed by atoms with Crippen LogP contribution in [0.15, 0.2) is 72.8 Å². The van der Waals surface area contributed by atoms with Gasteiger partial charge >= 0.3 is 0 Å². The highest BCUT2D eigenvalue weighted by Crippen LogP contribution is 2.40. The summed E-state index contributed by atoms with van der Waals surface area (Å²) in [6.45, 7) is 2.22. The minimum Gasteiger partial charge on any atom is -0.175 e. The van der Waals surface area contributed by atoms with Crippen molar-refractivity contribution in [2.75, 3.05) is 0 Å². The fourth-order valence-electron chi connectivity index (χ4n) is 3.54. The van der Waals surface area contributed by atoms with Gasteiger partial charge in [-0.1, -0.05) is 83.3 Å². The molecule has 0 N–H and O–H groups in total. The summed E-state index contributed by atoms with van der Waals surface area (Å²) in [6, 6.07) is 26.1. The lowest BCUT2D eigenvalue weighted by Gasteiger charge is -2.06. The summed E-state index contributed by atoms with van der Waals surface area (Å²) in [6.07, 6.45) is 0. The Labute approximate surface area is 160 Å². The van der Waals surface area contributed by atoms with E-state index in [1.165, 1.54) is 46.9 Å². The maximum atomic E-state index is 2.36. The van der Waals surface area contributed by atoms with E-state index in [1.807, 2.05) is 22.7 Å². The first kappa shape index (κ1) is 15.7. The molecule has 5 rings (SSSR count). The topological polar surface area (TPSA) is 3.88 Å². The molecular formula is C23H18NS2+. The second kappa shape index (κ2) is 6.04. The van der Waals surface area contributed by atoms with Crippen LogP contribution in [0.3, 0.4) is 0 Å². The Kier molecular flexibility index (Phi) is 3.66. The van der Waals surface area contributed by atoms with Crippen LogP contribution in [0.4, 0.5) is 0 Å². The summed E-state index contributed by atoms with van der Waals surface area (Å²) in [5.74, 6) is 0. The van der Waals surface area contributed by atoms with E-state index in [-0.39, 0.29) is 0 Å². The number of benzene rings is 3. The molecule has 0 saturated heterocycles. The van der Waals surface area contributed by atoms with Crippen LogP contribution < -0.4 is 4.57 Å². The van der Waals surface area contributed by atoms with E-state index in [2.05, 4.69) is 91.3 Å². The Morgan fingerprint density at radius 2 is 1.54 bits per heavy atom. The van der Waals surface area contributed by atoms with Crippen LogP contribution in [0, 0.1) is 6.92 Å². The largest absolute Gasteiger partial charge is 0.281 e. The first-order valence-corrected chi connectivity index (χ1v) is 10.3. The van der Waals surface area contributed by atoms with Crippen LogP contribution >= 0.6 is 22.7 Å². The SMILES string of the molecule is Cc1cc(-c2ccccc2)ccc1-c1sc2c3ccccc3sc2[n+]1C. The zero-order valence-corrected chi connectivity index (χ0v) is 16.3. The minimum atomic E-state index is 1.27. The number of aryl methyl sites for hydroxylation is 2. The molecule has 0 fully saturated rings. The molecule has 0 aliphatic heterocycles. The van der Waals surface area contributed by atoms with Crippen molar-refractivity contribution in [3.63, 3.8) is 0 Å². The van der Waals surface area contributed by atoms with E-state index in [4.69, 9.17) is 0 Å². The Balaban J connectivity index is 1.67. The lowest BCUT2D eigenvalue weighted by molar-refractivity contribution is -0.627. The molecule has 2 aromatic heterocycles. The number of thiophene rings is 1. The van der Waals surface area contributed by atoms with Gasteiger partial charge in [0.1, 0.15) is 11.7 Å². The molecule has 0 bridgehead atoms. The normalized spacial score (nSPS) is 11.5. The average Bonchev–Trinajstić information content (AvgIpc) is 3.19. The number of aromatic nitrogens is 1. The van der Waals surface area contributed by atoms with Crippen LogP contribution in [0.2, 0.25) is 0 Å². The Bertz CT molecular complexity index is 1250. The first-order chi connectivity index (χ1) is 12.7. The highest BCUT2D eigenvalue weighted by Gasteiger charge is 2.24. The summed E-state index contributed by atoms with van der Waals surface area (Å²) in [5, 5.41) is 2.70. The van der Waals surface area contributed by atoms with Crippen molar-refractivity contribution in [3.8, 4) is 21.7 Å². The summed E-state index contributed by atoms with van der Waals surface area (Å²) in [5.41, 5.74) is 5.19. The molecule has 26 heavy (non-hydrogen) atoms. The lowest BCUT2D eigenvalue weighted by atomic mass is 10.00. The molecule has 0 aliphatic rings. The van der Waals surface area contributed by atoms with Crippen LogP contribution in [-0.4, -0.2) is 0 Å². The van der Waals surface area contributed by atoms with Gasteiger partial charge in [-0.25, -0.2) is 0 Å². The number of rotatable bonds is 2. The molecule has 0 amide bonds. The number of hydrogen-bond acceptors (Lipinski definition) is 2. The second-order valence-electron chi connectivity index (χ2n) is 6.59. The number of hydrogen-bond donors (Lipinski definition) is 0. The van der Waals surface area contributed by atoms with Gasteiger partial charge in [-0.05, 0) is 35.7 Å². The van der Waals surface area contributed by atoms with Crippen molar-refractivity contribution in [2.24, 2.45) is 7.05 Å². The van der Waals surface area contributed by atoms with Gasteiger partial charge in [-0.15, -0.1) is 0 Å². The fourth-order valence-corrected chi connectivity index (χ4v) is 6.25. The first-order valence-electron chi connectivity index (χ1n) is 8.69. The molecular weight excluding hydrogens is 354 g/mol. The third kappa shape index (κ3) is 2.39. The van der Waals surface area contributed by atoms with Gasteiger partial charge in [0.2, 0.25) is 0 Å². The maximum Gasteiger partial charge on any atom is 0.281 e. The summed E-state index contributed by atoms with van der Waals surface area (Å²) in [4.78, 5) is 1.36. The molecule has 0 atom stereocenters. The van der Waals surface area contributed by atoms with Gasteiger partial charge in [0, 0.05) is 10.1 Å². The number of nitrogens with zero attached hydrogens (tertiary/aromatic N) is 1. The molecule has 0 aliphatic carbocycles. The van der Waals surface area contributed by atoms with E-state index in [1.54, 1.807) is 0 Å². The van der Waals surface area contributed by atoms with E-state index in [0.29, 0.717) is 0 Å². The third-order valence-electron chi connectivity index (χ3n) is 4.90. The lowest BCUT2D eigenvalue weighted by Crippen LogP contribution is -2.27. The molecule has 126 valence electrons. The highest BCUT2D eigenvalue weighted by atomic mass is 32.1. The Morgan fingerprint density at radius 1 is 0.769 bits per heavy atom. The molecule has 0 unspecified atom stereocenters. The smallest absolute Gasteiger partial charge is 0.175 e. The van der Waals surface area contributed by atoms with Crippen molar-refractivity contribution < 1.29 is 4.57 Å². The Hall–Kier alpha value is -2.49. The second-order valence-corrected chi connectivity index (χ2v) is 8.62. The van der Waals surface area contributed by atoms with Gasteiger partial charge in [0.15, 0.2) is 0 Å². The van der Waals surface area contributed by atoms with E-state index in [9.17, 15) is 0 Å². The van der Waals surface area contributed by atoms with Crippen molar-refractivity contribution in [1.29, 1.82) is 0 Å². The fraction of sp³-hybridized carbons (Fsp3) is 0.0870. The molecule has 5 aromatic rings. The molecule has 3 heteroatoms. The Morgan fingerprint density at radius 3 is 2.35 bits per heavy atom. The molecule has 2 heterocycles. The van der Waals surface area contributed by atoms with Gasteiger partial charge < -0.3 is 0 Å².